The van der Waals surface area contributed by atoms with Crippen LogP contribution in [0.4, 0.5) is 0 Å². The van der Waals surface area contributed by atoms with Crippen molar-refractivity contribution in [3.63, 3.8) is 0 Å². The number of pyridine rings is 2. The lowest BCUT2D eigenvalue weighted by Gasteiger charge is -2.22. The number of hydrogen-bond donors (Lipinski definition) is 0. The standard InChI is InChI=1S/C38H32N2/c1-25-23-35(37(27(3)39-25)33-21-13-11-19-31(33)29-15-7-5-8-16-29)36-24-26(2)40-28(4)38(36)34-22-14-12-20-32(34)30-17-9-6-10-18-30/h5-24H,1-4H3. The Labute approximate surface area is 237 Å². The molecule has 0 fully saturated rings. The van der Waals surface area contributed by atoms with Crippen LogP contribution in [0, 0.1) is 27.7 Å². The van der Waals surface area contributed by atoms with E-state index in [0.29, 0.717) is 0 Å². The molecule has 0 unspecified atom stereocenters. The van der Waals surface area contributed by atoms with Crippen LogP contribution in [0.3, 0.4) is 0 Å². The summed E-state index contributed by atoms with van der Waals surface area (Å²) in [7, 11) is 0. The molecule has 2 heteroatoms. The molecule has 194 valence electrons. The van der Waals surface area contributed by atoms with Crippen molar-refractivity contribution in [3.8, 4) is 55.6 Å². The first-order valence-electron chi connectivity index (χ1n) is 13.8. The van der Waals surface area contributed by atoms with Gasteiger partial charge in [-0.15, -0.1) is 0 Å². The minimum atomic E-state index is 1.00. The van der Waals surface area contributed by atoms with Gasteiger partial charge < -0.3 is 0 Å². The summed E-state index contributed by atoms with van der Waals surface area (Å²) in [5.41, 5.74) is 15.9. The average Bonchev–Trinajstić information content (AvgIpc) is 2.97. The highest BCUT2D eigenvalue weighted by Crippen LogP contribution is 2.45. The van der Waals surface area contributed by atoms with Gasteiger partial charge in [0.2, 0.25) is 0 Å². The third-order valence-corrected chi connectivity index (χ3v) is 7.51. The molecule has 0 spiro atoms. The minimum Gasteiger partial charge on any atom is -0.258 e. The molecule has 40 heavy (non-hydrogen) atoms. The van der Waals surface area contributed by atoms with Crippen molar-refractivity contribution >= 4 is 0 Å². The molecular weight excluding hydrogens is 484 g/mol. The predicted molar refractivity (Wildman–Crippen MR) is 168 cm³/mol. The van der Waals surface area contributed by atoms with Gasteiger partial charge >= 0.3 is 0 Å². The summed E-state index contributed by atoms with van der Waals surface area (Å²) in [5.74, 6) is 0. The Bertz CT molecular complexity index is 1680. The second-order valence-corrected chi connectivity index (χ2v) is 10.4. The smallest absolute Gasteiger partial charge is 0.0460 e. The fourth-order valence-electron chi connectivity index (χ4n) is 5.90. The number of aryl methyl sites for hydroxylation is 4. The molecule has 2 aromatic heterocycles. The summed E-state index contributed by atoms with van der Waals surface area (Å²) in [6.07, 6.45) is 0. The van der Waals surface area contributed by atoms with Crippen LogP contribution in [0.1, 0.15) is 22.8 Å². The summed E-state index contributed by atoms with van der Waals surface area (Å²) < 4.78 is 0. The van der Waals surface area contributed by atoms with Crippen LogP contribution in [0.25, 0.3) is 55.6 Å². The van der Waals surface area contributed by atoms with Gasteiger partial charge in [-0.3, -0.25) is 9.97 Å². The molecule has 0 saturated carbocycles. The van der Waals surface area contributed by atoms with E-state index >= 15 is 0 Å². The first-order chi connectivity index (χ1) is 19.5. The van der Waals surface area contributed by atoms with E-state index in [4.69, 9.17) is 9.97 Å². The maximum absolute atomic E-state index is 4.97. The van der Waals surface area contributed by atoms with Gasteiger partial charge in [-0.05, 0) is 84.3 Å². The zero-order valence-corrected chi connectivity index (χ0v) is 23.4. The van der Waals surface area contributed by atoms with Crippen molar-refractivity contribution in [2.24, 2.45) is 0 Å². The topological polar surface area (TPSA) is 25.8 Å². The normalized spacial score (nSPS) is 11.0. The van der Waals surface area contributed by atoms with Gasteiger partial charge in [0.05, 0.1) is 0 Å². The van der Waals surface area contributed by atoms with Crippen LogP contribution >= 0.6 is 0 Å². The number of rotatable bonds is 5. The van der Waals surface area contributed by atoms with Crippen molar-refractivity contribution in [3.05, 3.63) is 144 Å². The molecule has 0 amide bonds. The lowest BCUT2D eigenvalue weighted by Crippen LogP contribution is -2.01. The Morgan fingerprint density at radius 3 is 1.05 bits per heavy atom. The molecular formula is C38H32N2. The van der Waals surface area contributed by atoms with Crippen molar-refractivity contribution in [1.82, 2.24) is 9.97 Å². The van der Waals surface area contributed by atoms with Crippen LogP contribution < -0.4 is 0 Å². The van der Waals surface area contributed by atoms with E-state index in [9.17, 15) is 0 Å². The van der Waals surface area contributed by atoms with Gasteiger partial charge in [0.15, 0.2) is 0 Å². The Balaban J connectivity index is 1.68. The first kappa shape index (κ1) is 25.5. The lowest BCUT2D eigenvalue weighted by molar-refractivity contribution is 1.11. The average molecular weight is 517 g/mol. The Hall–Kier alpha value is -4.82. The Morgan fingerprint density at radius 2 is 0.675 bits per heavy atom. The molecule has 0 atom stereocenters. The van der Waals surface area contributed by atoms with Crippen molar-refractivity contribution < 1.29 is 0 Å². The van der Waals surface area contributed by atoms with Gasteiger partial charge in [-0.2, -0.15) is 0 Å². The number of benzene rings is 4. The molecule has 0 radical (unpaired) electrons. The summed E-state index contributed by atoms with van der Waals surface area (Å²) in [5, 5.41) is 0. The molecule has 0 N–H and O–H groups in total. The SMILES string of the molecule is Cc1cc(-c2cc(C)nc(C)c2-c2ccccc2-c2ccccc2)c(-c2ccccc2-c2ccccc2)c(C)n1. The van der Waals surface area contributed by atoms with E-state index in [-0.39, 0.29) is 0 Å². The third-order valence-electron chi connectivity index (χ3n) is 7.51. The molecule has 0 aliphatic rings. The van der Waals surface area contributed by atoms with Gasteiger partial charge in [0.1, 0.15) is 0 Å². The molecule has 2 nitrogen and oxygen atoms in total. The monoisotopic (exact) mass is 516 g/mol. The maximum atomic E-state index is 4.97. The predicted octanol–water partition coefficient (Wildman–Crippen LogP) is 10.0. The van der Waals surface area contributed by atoms with Gasteiger partial charge in [-0.1, -0.05) is 109 Å². The molecule has 6 aromatic rings. The fraction of sp³-hybridized carbons (Fsp3) is 0.105. The second kappa shape index (κ2) is 10.7. The van der Waals surface area contributed by atoms with Gasteiger partial charge in [0.25, 0.3) is 0 Å². The highest BCUT2D eigenvalue weighted by molar-refractivity contribution is 5.99. The molecule has 6 rings (SSSR count). The molecule has 0 aliphatic heterocycles. The number of hydrogen-bond acceptors (Lipinski definition) is 2. The van der Waals surface area contributed by atoms with Crippen molar-refractivity contribution in [2.75, 3.05) is 0 Å². The summed E-state index contributed by atoms with van der Waals surface area (Å²) in [6.45, 7) is 8.43. The van der Waals surface area contributed by atoms with E-state index in [1.807, 2.05) is 0 Å². The fourth-order valence-corrected chi connectivity index (χ4v) is 5.90. The van der Waals surface area contributed by atoms with Gasteiger partial charge in [-0.25, -0.2) is 0 Å². The van der Waals surface area contributed by atoms with Crippen molar-refractivity contribution in [1.29, 1.82) is 0 Å². The zero-order chi connectivity index (χ0) is 27.6. The summed E-state index contributed by atoms with van der Waals surface area (Å²) in [6, 6.07) is 43.1. The first-order valence-corrected chi connectivity index (χ1v) is 13.8. The zero-order valence-electron chi connectivity index (χ0n) is 23.4. The van der Waals surface area contributed by atoms with E-state index < -0.39 is 0 Å². The summed E-state index contributed by atoms with van der Waals surface area (Å²) >= 11 is 0. The van der Waals surface area contributed by atoms with Crippen LogP contribution in [0.15, 0.2) is 121 Å². The third kappa shape index (κ3) is 4.74. The molecule has 0 bridgehead atoms. The summed E-state index contributed by atoms with van der Waals surface area (Å²) in [4.78, 5) is 9.94. The highest BCUT2D eigenvalue weighted by Gasteiger charge is 2.22. The van der Waals surface area contributed by atoms with E-state index in [2.05, 4.69) is 149 Å². The van der Waals surface area contributed by atoms with E-state index in [1.165, 1.54) is 44.5 Å². The highest BCUT2D eigenvalue weighted by atomic mass is 14.7. The van der Waals surface area contributed by atoms with Crippen LogP contribution in [-0.2, 0) is 0 Å². The number of nitrogens with zero attached hydrogens (tertiary/aromatic N) is 2. The van der Waals surface area contributed by atoms with E-state index in [0.717, 1.165) is 33.9 Å². The van der Waals surface area contributed by atoms with Crippen LogP contribution in [-0.4, -0.2) is 9.97 Å². The minimum absolute atomic E-state index is 1.00. The maximum Gasteiger partial charge on any atom is 0.0460 e. The Kier molecular flexibility index (Phi) is 6.84. The van der Waals surface area contributed by atoms with Crippen LogP contribution in [0.5, 0.6) is 0 Å². The second-order valence-electron chi connectivity index (χ2n) is 10.4. The molecule has 0 aliphatic carbocycles. The van der Waals surface area contributed by atoms with E-state index in [1.54, 1.807) is 0 Å². The largest absolute Gasteiger partial charge is 0.258 e. The lowest BCUT2D eigenvalue weighted by atomic mass is 9.84. The Morgan fingerprint density at radius 1 is 0.350 bits per heavy atom. The van der Waals surface area contributed by atoms with Crippen LogP contribution in [0.2, 0.25) is 0 Å². The van der Waals surface area contributed by atoms with Crippen molar-refractivity contribution in [2.45, 2.75) is 27.7 Å². The quantitative estimate of drug-likeness (QED) is 0.228. The molecule has 4 aromatic carbocycles. The molecule has 2 heterocycles. The number of aromatic nitrogens is 2. The molecule has 0 saturated heterocycles. The van der Waals surface area contributed by atoms with Gasteiger partial charge in [0, 0.05) is 33.9 Å².